The highest BCUT2D eigenvalue weighted by Crippen LogP contribution is 2.26. The van der Waals surface area contributed by atoms with Crippen LogP contribution in [0.15, 0.2) is 24.3 Å². The van der Waals surface area contributed by atoms with Crippen LogP contribution in [0.5, 0.6) is 0 Å². The van der Waals surface area contributed by atoms with Gasteiger partial charge < -0.3 is 10.2 Å². The van der Waals surface area contributed by atoms with Gasteiger partial charge in [-0.1, -0.05) is 26.0 Å². The maximum atomic E-state index is 3.46. The zero-order valence-electron chi connectivity index (χ0n) is 12.4. The molecule has 1 aromatic carbocycles. The Morgan fingerprint density at radius 2 is 2.05 bits per heavy atom. The Balaban J connectivity index is 2.01. The van der Waals surface area contributed by atoms with Crippen molar-refractivity contribution in [2.24, 2.45) is 0 Å². The predicted molar refractivity (Wildman–Crippen MR) is 87.3 cm³/mol. The topological polar surface area (TPSA) is 15.3 Å². The summed E-state index contributed by atoms with van der Waals surface area (Å²) in [5.41, 5.74) is 2.76. The zero-order chi connectivity index (χ0) is 13.7. The first-order valence-electron chi connectivity index (χ1n) is 7.44. The summed E-state index contributed by atoms with van der Waals surface area (Å²) in [7, 11) is 0. The molecule has 1 aliphatic rings. The van der Waals surface area contributed by atoms with E-state index >= 15 is 0 Å². The quantitative estimate of drug-likeness (QED) is 0.884. The van der Waals surface area contributed by atoms with E-state index in [1.54, 1.807) is 0 Å². The van der Waals surface area contributed by atoms with Gasteiger partial charge in [0, 0.05) is 35.8 Å². The van der Waals surface area contributed by atoms with E-state index in [1.807, 2.05) is 0 Å². The van der Waals surface area contributed by atoms with E-state index in [-0.39, 0.29) is 0 Å². The van der Waals surface area contributed by atoms with E-state index in [1.165, 1.54) is 36.5 Å². The maximum Gasteiger partial charge on any atom is 0.0367 e. The summed E-state index contributed by atoms with van der Waals surface area (Å²) in [6.07, 6.45) is 1.27. The average Bonchev–Trinajstić information content (AvgIpc) is 2.48. The van der Waals surface area contributed by atoms with Crippen LogP contribution in [0.2, 0.25) is 0 Å². The molecule has 0 bridgehead atoms. The van der Waals surface area contributed by atoms with E-state index in [9.17, 15) is 0 Å². The lowest BCUT2D eigenvalue weighted by Crippen LogP contribution is -2.37. The first-order chi connectivity index (χ1) is 9.24. The van der Waals surface area contributed by atoms with Crippen LogP contribution in [0.25, 0.3) is 0 Å². The van der Waals surface area contributed by atoms with Crippen LogP contribution in [0.1, 0.15) is 38.8 Å². The number of benzene rings is 1. The van der Waals surface area contributed by atoms with Crippen molar-refractivity contribution >= 4 is 17.4 Å². The summed E-state index contributed by atoms with van der Waals surface area (Å²) in [6, 6.07) is 9.55. The van der Waals surface area contributed by atoms with Crippen LogP contribution in [0.3, 0.4) is 0 Å². The molecule has 0 aliphatic carbocycles. The van der Waals surface area contributed by atoms with Gasteiger partial charge in [0.2, 0.25) is 0 Å². The molecule has 1 fully saturated rings. The molecule has 1 aromatic rings. The van der Waals surface area contributed by atoms with Crippen molar-refractivity contribution in [3.63, 3.8) is 0 Å². The molecule has 2 unspecified atom stereocenters. The van der Waals surface area contributed by atoms with Crippen molar-refractivity contribution in [2.45, 2.75) is 38.5 Å². The minimum absolute atomic E-state index is 0.444. The monoisotopic (exact) mass is 278 g/mol. The minimum atomic E-state index is 0.444. The number of nitrogens with zero attached hydrogens (tertiary/aromatic N) is 1. The van der Waals surface area contributed by atoms with Crippen LogP contribution in [0, 0.1) is 0 Å². The highest BCUT2D eigenvalue weighted by atomic mass is 32.2. The minimum Gasteiger partial charge on any atom is -0.370 e. The summed E-state index contributed by atoms with van der Waals surface area (Å²) in [5, 5.41) is 4.26. The van der Waals surface area contributed by atoms with Gasteiger partial charge in [-0.15, -0.1) is 0 Å². The van der Waals surface area contributed by atoms with Crippen LogP contribution >= 0.6 is 11.8 Å². The van der Waals surface area contributed by atoms with E-state index in [2.05, 4.69) is 67.0 Å². The third-order valence-electron chi connectivity index (χ3n) is 3.86. The second kappa shape index (κ2) is 7.20. The molecule has 19 heavy (non-hydrogen) atoms. The number of nitrogens with one attached hydrogen (secondary N) is 1. The van der Waals surface area contributed by atoms with Gasteiger partial charge >= 0.3 is 0 Å². The summed E-state index contributed by atoms with van der Waals surface area (Å²) in [4.78, 5) is 2.53. The van der Waals surface area contributed by atoms with E-state index < -0.39 is 0 Å². The molecule has 0 spiro atoms. The van der Waals surface area contributed by atoms with Gasteiger partial charge in [0.05, 0.1) is 0 Å². The van der Waals surface area contributed by atoms with Crippen LogP contribution in [-0.2, 0) is 0 Å². The average molecular weight is 278 g/mol. The Hall–Kier alpha value is -0.670. The molecule has 1 N–H and O–H groups in total. The van der Waals surface area contributed by atoms with Crippen LogP contribution in [0.4, 0.5) is 5.69 Å². The number of hydrogen-bond acceptors (Lipinski definition) is 3. The smallest absolute Gasteiger partial charge is 0.0367 e. The summed E-state index contributed by atoms with van der Waals surface area (Å²) >= 11 is 2.12. The lowest BCUT2D eigenvalue weighted by atomic mass is 10.1. The second-order valence-corrected chi connectivity index (χ2v) is 6.63. The molecule has 1 heterocycles. The second-order valence-electron chi connectivity index (χ2n) is 5.22. The SMILES string of the molecule is CCNC(C)c1ccc(N2CCSC(CC)C2)cc1. The summed E-state index contributed by atoms with van der Waals surface area (Å²) < 4.78 is 0. The van der Waals surface area contributed by atoms with Gasteiger partial charge in [0.15, 0.2) is 0 Å². The zero-order valence-corrected chi connectivity index (χ0v) is 13.2. The predicted octanol–water partition coefficient (Wildman–Crippen LogP) is 3.69. The maximum absolute atomic E-state index is 3.46. The first kappa shape index (κ1) is 14.7. The largest absolute Gasteiger partial charge is 0.370 e. The van der Waals surface area contributed by atoms with Crippen molar-refractivity contribution < 1.29 is 0 Å². The van der Waals surface area contributed by atoms with Gasteiger partial charge in [-0.2, -0.15) is 11.8 Å². The van der Waals surface area contributed by atoms with Gasteiger partial charge in [-0.25, -0.2) is 0 Å². The van der Waals surface area contributed by atoms with Gasteiger partial charge in [-0.05, 0) is 37.6 Å². The molecule has 3 heteroatoms. The Morgan fingerprint density at radius 1 is 1.32 bits per heavy atom. The Morgan fingerprint density at radius 3 is 2.68 bits per heavy atom. The molecule has 2 rings (SSSR count). The van der Waals surface area contributed by atoms with Crippen LogP contribution in [-0.4, -0.2) is 30.6 Å². The molecule has 0 saturated carbocycles. The Labute approximate surface area is 122 Å². The highest BCUT2D eigenvalue weighted by molar-refractivity contribution is 8.00. The fourth-order valence-electron chi connectivity index (χ4n) is 2.60. The summed E-state index contributed by atoms with van der Waals surface area (Å²) in [6.45, 7) is 10.1. The van der Waals surface area contributed by atoms with Crippen molar-refractivity contribution in [3.8, 4) is 0 Å². The molecule has 2 atom stereocenters. The summed E-state index contributed by atoms with van der Waals surface area (Å²) in [5.74, 6) is 1.26. The fraction of sp³-hybridized carbons (Fsp3) is 0.625. The Kier molecular flexibility index (Phi) is 5.59. The fourth-order valence-corrected chi connectivity index (χ4v) is 3.78. The highest BCUT2D eigenvalue weighted by Gasteiger charge is 2.19. The standard InChI is InChI=1S/C16H26N2S/c1-4-16-12-18(10-11-19-16)15-8-6-14(7-9-15)13(3)17-5-2/h6-9,13,16-17H,4-5,10-12H2,1-3H3. The molecule has 0 radical (unpaired) electrons. The lowest BCUT2D eigenvalue weighted by Gasteiger charge is -2.33. The van der Waals surface area contributed by atoms with Crippen molar-refractivity contribution in [1.82, 2.24) is 5.32 Å². The van der Waals surface area contributed by atoms with E-state index in [4.69, 9.17) is 0 Å². The Bertz CT molecular complexity index is 377. The molecule has 2 nitrogen and oxygen atoms in total. The molecule has 1 saturated heterocycles. The first-order valence-corrected chi connectivity index (χ1v) is 8.49. The van der Waals surface area contributed by atoms with Crippen molar-refractivity contribution in [1.29, 1.82) is 0 Å². The number of hydrogen-bond donors (Lipinski definition) is 1. The molecule has 1 aliphatic heterocycles. The number of anilines is 1. The third-order valence-corrected chi connectivity index (χ3v) is 5.23. The van der Waals surface area contributed by atoms with E-state index in [0.29, 0.717) is 6.04 Å². The number of thioether (sulfide) groups is 1. The van der Waals surface area contributed by atoms with Crippen molar-refractivity contribution in [2.75, 3.05) is 30.3 Å². The van der Waals surface area contributed by atoms with E-state index in [0.717, 1.165) is 11.8 Å². The molecule has 106 valence electrons. The third kappa shape index (κ3) is 3.90. The van der Waals surface area contributed by atoms with Crippen molar-refractivity contribution in [3.05, 3.63) is 29.8 Å². The van der Waals surface area contributed by atoms with Gasteiger partial charge in [0.25, 0.3) is 0 Å². The molecular weight excluding hydrogens is 252 g/mol. The lowest BCUT2D eigenvalue weighted by molar-refractivity contribution is 0.598. The number of rotatable bonds is 5. The molecule has 0 amide bonds. The van der Waals surface area contributed by atoms with Gasteiger partial charge in [0.1, 0.15) is 0 Å². The van der Waals surface area contributed by atoms with Crippen LogP contribution < -0.4 is 10.2 Å². The molecular formula is C16H26N2S. The molecule has 0 aromatic heterocycles. The van der Waals surface area contributed by atoms with Gasteiger partial charge in [-0.3, -0.25) is 0 Å². The normalized spacial score (nSPS) is 21.4.